The van der Waals surface area contributed by atoms with E-state index >= 15 is 0 Å². The first-order chi connectivity index (χ1) is 6.16. The van der Waals surface area contributed by atoms with Crippen LogP contribution < -0.4 is 0 Å². The van der Waals surface area contributed by atoms with Crippen molar-refractivity contribution in [1.82, 2.24) is 0 Å². The SMILES string of the molecule is C=C(/C=C\C=C/CCC)CC(C)C. The van der Waals surface area contributed by atoms with E-state index in [2.05, 4.69) is 51.7 Å². The molecule has 0 heterocycles. The second-order valence-electron chi connectivity index (χ2n) is 3.83. The summed E-state index contributed by atoms with van der Waals surface area (Å²) in [6.07, 6.45) is 12.0. The van der Waals surface area contributed by atoms with Gasteiger partial charge in [-0.1, -0.05) is 63.6 Å². The van der Waals surface area contributed by atoms with Crippen LogP contribution in [0.2, 0.25) is 0 Å². The van der Waals surface area contributed by atoms with E-state index in [1.54, 1.807) is 0 Å². The van der Waals surface area contributed by atoms with Crippen molar-refractivity contribution in [2.45, 2.75) is 40.0 Å². The van der Waals surface area contributed by atoms with Gasteiger partial charge in [-0.2, -0.15) is 0 Å². The fourth-order valence-corrected chi connectivity index (χ4v) is 1.13. The third-order valence-electron chi connectivity index (χ3n) is 1.70. The zero-order valence-corrected chi connectivity index (χ0v) is 9.22. The van der Waals surface area contributed by atoms with Gasteiger partial charge in [0, 0.05) is 0 Å². The molecule has 0 saturated heterocycles. The van der Waals surface area contributed by atoms with Crippen molar-refractivity contribution in [1.29, 1.82) is 0 Å². The highest BCUT2D eigenvalue weighted by atomic mass is 14.0. The van der Waals surface area contributed by atoms with Crippen LogP contribution in [0.4, 0.5) is 0 Å². The summed E-state index contributed by atoms with van der Waals surface area (Å²) in [5.41, 5.74) is 1.22. The number of allylic oxidation sites excluding steroid dienone is 5. The molecule has 74 valence electrons. The molecule has 13 heavy (non-hydrogen) atoms. The molecule has 0 N–H and O–H groups in total. The van der Waals surface area contributed by atoms with Crippen LogP contribution in [0.1, 0.15) is 40.0 Å². The van der Waals surface area contributed by atoms with Crippen molar-refractivity contribution in [3.05, 3.63) is 36.5 Å². The minimum absolute atomic E-state index is 0.705. The first kappa shape index (κ1) is 12.2. The molecule has 0 bridgehead atoms. The summed E-state index contributed by atoms with van der Waals surface area (Å²) in [5, 5.41) is 0. The molecule has 0 radical (unpaired) electrons. The lowest BCUT2D eigenvalue weighted by Crippen LogP contribution is -1.86. The van der Waals surface area contributed by atoms with Crippen LogP contribution in [0.5, 0.6) is 0 Å². The quantitative estimate of drug-likeness (QED) is 0.525. The highest BCUT2D eigenvalue weighted by Gasteiger charge is 1.93. The molecule has 0 heteroatoms. The summed E-state index contributed by atoms with van der Waals surface area (Å²) < 4.78 is 0. The Balaban J connectivity index is 3.65. The second kappa shape index (κ2) is 7.85. The molecule has 0 aromatic heterocycles. The van der Waals surface area contributed by atoms with Crippen molar-refractivity contribution < 1.29 is 0 Å². The predicted molar refractivity (Wildman–Crippen MR) is 61.8 cm³/mol. The second-order valence-corrected chi connectivity index (χ2v) is 3.83. The summed E-state index contributed by atoms with van der Waals surface area (Å²) in [7, 11) is 0. The minimum atomic E-state index is 0.705. The van der Waals surface area contributed by atoms with Gasteiger partial charge in [-0.3, -0.25) is 0 Å². The Hall–Kier alpha value is -0.780. The molecule has 0 amide bonds. The molecule has 0 aromatic rings. The van der Waals surface area contributed by atoms with Crippen molar-refractivity contribution in [3.8, 4) is 0 Å². The fraction of sp³-hybridized carbons (Fsp3) is 0.538. The van der Waals surface area contributed by atoms with E-state index in [9.17, 15) is 0 Å². The van der Waals surface area contributed by atoms with Crippen LogP contribution >= 0.6 is 0 Å². The van der Waals surface area contributed by atoms with Gasteiger partial charge in [0.1, 0.15) is 0 Å². The zero-order chi connectivity index (χ0) is 10.1. The summed E-state index contributed by atoms with van der Waals surface area (Å²) in [4.78, 5) is 0. The molecular weight excluding hydrogens is 156 g/mol. The van der Waals surface area contributed by atoms with Gasteiger partial charge in [0.2, 0.25) is 0 Å². The van der Waals surface area contributed by atoms with Crippen LogP contribution in [-0.4, -0.2) is 0 Å². The maximum atomic E-state index is 3.99. The topological polar surface area (TPSA) is 0 Å². The van der Waals surface area contributed by atoms with Crippen LogP contribution in [0.3, 0.4) is 0 Å². The first-order valence-electron chi connectivity index (χ1n) is 5.17. The van der Waals surface area contributed by atoms with Crippen molar-refractivity contribution in [2.75, 3.05) is 0 Å². The van der Waals surface area contributed by atoms with E-state index in [-0.39, 0.29) is 0 Å². The molecule has 0 unspecified atom stereocenters. The van der Waals surface area contributed by atoms with E-state index in [1.807, 2.05) is 0 Å². The summed E-state index contributed by atoms with van der Waals surface area (Å²) in [6, 6.07) is 0. The number of rotatable bonds is 6. The molecule has 0 saturated carbocycles. The van der Waals surface area contributed by atoms with Gasteiger partial charge in [0.15, 0.2) is 0 Å². The molecule has 0 rings (SSSR count). The number of hydrogen-bond acceptors (Lipinski definition) is 0. The van der Waals surface area contributed by atoms with Gasteiger partial charge in [-0.25, -0.2) is 0 Å². The fourth-order valence-electron chi connectivity index (χ4n) is 1.13. The lowest BCUT2D eigenvalue weighted by atomic mass is 10.0. The molecule has 0 aliphatic heterocycles. The summed E-state index contributed by atoms with van der Waals surface area (Å²) in [6.45, 7) is 10.6. The van der Waals surface area contributed by atoms with Crippen LogP contribution in [0, 0.1) is 5.92 Å². The van der Waals surface area contributed by atoms with E-state index in [1.165, 1.54) is 18.4 Å². The first-order valence-corrected chi connectivity index (χ1v) is 5.17. The maximum Gasteiger partial charge on any atom is -0.0262 e. The Morgan fingerprint density at radius 1 is 1.31 bits per heavy atom. The third-order valence-corrected chi connectivity index (χ3v) is 1.70. The standard InChI is InChI=1S/C13H22/c1-5-6-7-8-9-10-13(4)11-12(2)3/h7-10,12H,4-6,11H2,1-3H3/b8-7-,10-9-. The van der Waals surface area contributed by atoms with Gasteiger partial charge in [0.05, 0.1) is 0 Å². The van der Waals surface area contributed by atoms with Crippen LogP contribution in [-0.2, 0) is 0 Å². The maximum absolute atomic E-state index is 3.99. The van der Waals surface area contributed by atoms with Gasteiger partial charge >= 0.3 is 0 Å². The molecule has 0 nitrogen and oxygen atoms in total. The molecule has 0 aliphatic carbocycles. The average Bonchev–Trinajstić information content (AvgIpc) is 2.02. The van der Waals surface area contributed by atoms with E-state index < -0.39 is 0 Å². The van der Waals surface area contributed by atoms with Gasteiger partial charge in [0.25, 0.3) is 0 Å². The van der Waals surface area contributed by atoms with Crippen molar-refractivity contribution >= 4 is 0 Å². The lowest BCUT2D eigenvalue weighted by molar-refractivity contribution is 0.651. The Morgan fingerprint density at radius 3 is 2.54 bits per heavy atom. The Kier molecular flexibility index (Phi) is 7.38. The largest absolute Gasteiger partial charge is 0.0958 e. The molecular formula is C13H22. The van der Waals surface area contributed by atoms with E-state index in [0.717, 1.165) is 6.42 Å². The van der Waals surface area contributed by atoms with Crippen molar-refractivity contribution in [3.63, 3.8) is 0 Å². The van der Waals surface area contributed by atoms with Crippen LogP contribution in [0.25, 0.3) is 0 Å². The lowest BCUT2D eigenvalue weighted by Gasteiger charge is -2.02. The predicted octanol–water partition coefficient (Wildman–Crippen LogP) is 4.50. The van der Waals surface area contributed by atoms with Gasteiger partial charge < -0.3 is 0 Å². The smallest absolute Gasteiger partial charge is 0.0262 e. The van der Waals surface area contributed by atoms with E-state index in [0.29, 0.717) is 5.92 Å². The number of unbranched alkanes of at least 4 members (excludes halogenated alkanes) is 1. The third kappa shape index (κ3) is 9.13. The zero-order valence-electron chi connectivity index (χ0n) is 9.22. The van der Waals surface area contributed by atoms with Crippen molar-refractivity contribution in [2.24, 2.45) is 5.92 Å². The summed E-state index contributed by atoms with van der Waals surface area (Å²) >= 11 is 0. The van der Waals surface area contributed by atoms with Gasteiger partial charge in [-0.05, 0) is 18.8 Å². The highest BCUT2D eigenvalue weighted by molar-refractivity contribution is 5.19. The minimum Gasteiger partial charge on any atom is -0.0958 e. The van der Waals surface area contributed by atoms with E-state index in [4.69, 9.17) is 0 Å². The molecule has 0 spiro atoms. The Morgan fingerprint density at radius 2 is 2.00 bits per heavy atom. The van der Waals surface area contributed by atoms with Gasteiger partial charge in [-0.15, -0.1) is 0 Å². The summed E-state index contributed by atoms with van der Waals surface area (Å²) in [5.74, 6) is 0.705. The molecule has 0 atom stereocenters. The highest BCUT2D eigenvalue weighted by Crippen LogP contribution is 2.09. The number of hydrogen-bond donors (Lipinski definition) is 0. The Labute approximate surface area is 83.0 Å². The monoisotopic (exact) mass is 178 g/mol. The Bertz CT molecular complexity index is 182. The average molecular weight is 178 g/mol. The normalized spacial score (nSPS) is 12.0. The van der Waals surface area contributed by atoms with Crippen LogP contribution in [0.15, 0.2) is 36.5 Å². The molecule has 0 aliphatic rings. The molecule has 0 aromatic carbocycles. The molecule has 0 fully saturated rings.